The number of halogens is 1. The predicted molar refractivity (Wildman–Crippen MR) is 82.8 cm³/mol. The summed E-state index contributed by atoms with van der Waals surface area (Å²) in [5.41, 5.74) is 5.91. The lowest BCUT2D eigenvalue weighted by Gasteiger charge is -2.26. The van der Waals surface area contributed by atoms with Crippen LogP contribution in [0, 0.1) is 0 Å². The van der Waals surface area contributed by atoms with Gasteiger partial charge in [0.1, 0.15) is 4.21 Å². The maximum Gasteiger partial charge on any atom is 0.252 e. The number of hydrogen-bond acceptors (Lipinski definition) is 5. The summed E-state index contributed by atoms with van der Waals surface area (Å²) >= 11 is 0.925. The maximum absolute atomic E-state index is 11.9. The number of nitrogens with one attached hydrogen (secondary N) is 1. The van der Waals surface area contributed by atoms with Gasteiger partial charge in [-0.1, -0.05) is 13.8 Å². The molecule has 6 nitrogen and oxygen atoms in total. The van der Waals surface area contributed by atoms with Crippen molar-refractivity contribution in [3.05, 3.63) is 17.0 Å². The predicted octanol–water partition coefficient (Wildman–Crippen LogP) is 1.06. The summed E-state index contributed by atoms with van der Waals surface area (Å²) in [5.74, 6) is -0.345. The average molecular weight is 342 g/mol. The molecule has 5 N–H and O–H groups in total. The van der Waals surface area contributed by atoms with Gasteiger partial charge in [-0.05, 0) is 18.9 Å². The summed E-state index contributed by atoms with van der Waals surface area (Å²) in [6.45, 7) is 4.26. The van der Waals surface area contributed by atoms with Crippen molar-refractivity contribution in [2.75, 3.05) is 6.54 Å². The van der Waals surface area contributed by atoms with E-state index in [4.69, 9.17) is 10.9 Å². The molecular weight excluding hydrogens is 322 g/mol. The normalized spacial score (nSPS) is 11.8. The summed E-state index contributed by atoms with van der Waals surface area (Å²) in [5, 5.41) is 9.16. The van der Waals surface area contributed by atoms with E-state index in [-0.39, 0.29) is 28.1 Å². The Morgan fingerprint density at radius 1 is 1.40 bits per heavy atom. The van der Waals surface area contributed by atoms with Crippen molar-refractivity contribution in [2.45, 2.75) is 36.4 Å². The topological polar surface area (TPSA) is 115 Å². The van der Waals surface area contributed by atoms with E-state index in [9.17, 15) is 13.2 Å². The zero-order valence-electron chi connectivity index (χ0n) is 11.4. The molecule has 116 valence electrons. The van der Waals surface area contributed by atoms with E-state index >= 15 is 0 Å². The van der Waals surface area contributed by atoms with Gasteiger partial charge >= 0.3 is 0 Å². The van der Waals surface area contributed by atoms with E-state index in [0.29, 0.717) is 6.54 Å². The Kier molecular flexibility index (Phi) is 7.12. The summed E-state index contributed by atoms with van der Waals surface area (Å²) in [4.78, 5) is 11.9. The lowest BCUT2D eigenvalue weighted by molar-refractivity contribution is 0.0942. The minimum Gasteiger partial charge on any atom is -0.350 e. The number of hydrogen-bond donors (Lipinski definition) is 3. The zero-order chi connectivity index (χ0) is 14.7. The van der Waals surface area contributed by atoms with Crippen molar-refractivity contribution >= 4 is 39.7 Å². The van der Waals surface area contributed by atoms with Gasteiger partial charge in [-0.2, -0.15) is 0 Å². The molecule has 0 unspecified atom stereocenters. The molecule has 0 aliphatic carbocycles. The Morgan fingerprint density at radius 3 is 2.35 bits per heavy atom. The van der Waals surface area contributed by atoms with Crippen LogP contribution < -0.4 is 16.2 Å². The van der Waals surface area contributed by atoms with Crippen molar-refractivity contribution in [2.24, 2.45) is 10.9 Å². The number of primary sulfonamides is 1. The molecule has 0 spiro atoms. The van der Waals surface area contributed by atoms with E-state index in [1.54, 1.807) is 0 Å². The smallest absolute Gasteiger partial charge is 0.252 e. The number of thiophene rings is 1. The van der Waals surface area contributed by atoms with E-state index in [1.165, 1.54) is 11.4 Å². The summed E-state index contributed by atoms with van der Waals surface area (Å²) < 4.78 is 22.2. The maximum atomic E-state index is 11.9. The number of amides is 1. The highest BCUT2D eigenvalue weighted by Gasteiger charge is 2.22. The highest BCUT2D eigenvalue weighted by atomic mass is 35.5. The van der Waals surface area contributed by atoms with Crippen molar-refractivity contribution in [1.82, 2.24) is 5.32 Å². The quantitative estimate of drug-likeness (QED) is 0.717. The molecule has 0 radical (unpaired) electrons. The number of carbonyl (C=O) groups is 1. The lowest BCUT2D eigenvalue weighted by atomic mass is 9.94. The highest BCUT2D eigenvalue weighted by Crippen LogP contribution is 2.19. The van der Waals surface area contributed by atoms with E-state index in [2.05, 4.69) is 5.32 Å². The fourth-order valence-electron chi connectivity index (χ4n) is 1.44. The van der Waals surface area contributed by atoms with Crippen LogP contribution in [-0.4, -0.2) is 26.4 Å². The van der Waals surface area contributed by atoms with Crippen molar-refractivity contribution in [3.63, 3.8) is 0 Å². The number of carbonyl (C=O) groups excluding carboxylic acids is 1. The molecule has 1 rings (SSSR count). The van der Waals surface area contributed by atoms with Crippen LogP contribution in [0.2, 0.25) is 0 Å². The molecule has 0 atom stereocenters. The first-order valence-electron chi connectivity index (χ1n) is 5.90. The van der Waals surface area contributed by atoms with E-state index in [1.807, 2.05) is 13.8 Å². The number of nitrogens with two attached hydrogens (primary N) is 2. The highest BCUT2D eigenvalue weighted by molar-refractivity contribution is 7.91. The molecule has 0 bridgehead atoms. The molecule has 1 aromatic heterocycles. The van der Waals surface area contributed by atoms with Crippen LogP contribution in [0.3, 0.4) is 0 Å². The SMILES string of the molecule is CCC(N)(CC)CNC(=O)c1csc(S(N)(=O)=O)c1.Cl. The van der Waals surface area contributed by atoms with Gasteiger partial charge in [0.05, 0.1) is 5.56 Å². The molecule has 0 aliphatic rings. The molecule has 20 heavy (non-hydrogen) atoms. The van der Waals surface area contributed by atoms with Crippen LogP contribution >= 0.6 is 23.7 Å². The van der Waals surface area contributed by atoms with E-state index < -0.39 is 15.6 Å². The van der Waals surface area contributed by atoms with Crippen LogP contribution in [0.5, 0.6) is 0 Å². The third-order valence-corrected chi connectivity index (χ3v) is 5.51. The molecule has 1 amide bonds. The van der Waals surface area contributed by atoms with Gasteiger partial charge in [-0.3, -0.25) is 4.79 Å². The van der Waals surface area contributed by atoms with Crippen LogP contribution in [0.4, 0.5) is 0 Å². The number of rotatable bonds is 6. The minimum absolute atomic E-state index is 0. The largest absolute Gasteiger partial charge is 0.350 e. The van der Waals surface area contributed by atoms with Crippen LogP contribution in [0.25, 0.3) is 0 Å². The second-order valence-corrected chi connectivity index (χ2v) is 7.15. The van der Waals surface area contributed by atoms with Crippen molar-refractivity contribution in [1.29, 1.82) is 0 Å². The molecule has 0 saturated carbocycles. The fourth-order valence-corrected chi connectivity index (χ4v) is 3.03. The second-order valence-electron chi connectivity index (χ2n) is 4.45. The Bertz CT molecular complexity index is 553. The van der Waals surface area contributed by atoms with Crippen LogP contribution in [0.1, 0.15) is 37.0 Å². The molecule has 0 aromatic carbocycles. The average Bonchev–Trinajstić information content (AvgIpc) is 2.85. The van der Waals surface area contributed by atoms with E-state index in [0.717, 1.165) is 24.2 Å². The van der Waals surface area contributed by atoms with Crippen molar-refractivity contribution < 1.29 is 13.2 Å². The molecule has 1 heterocycles. The van der Waals surface area contributed by atoms with Gasteiger partial charge in [0.15, 0.2) is 0 Å². The van der Waals surface area contributed by atoms with Gasteiger partial charge in [-0.25, -0.2) is 13.6 Å². The van der Waals surface area contributed by atoms with Crippen molar-refractivity contribution in [3.8, 4) is 0 Å². The number of sulfonamides is 1. The third kappa shape index (κ3) is 5.02. The van der Waals surface area contributed by atoms with Gasteiger partial charge < -0.3 is 11.1 Å². The summed E-state index contributed by atoms with van der Waals surface area (Å²) in [6.07, 6.45) is 1.49. The first-order valence-corrected chi connectivity index (χ1v) is 8.33. The van der Waals surface area contributed by atoms with Crippen LogP contribution in [-0.2, 0) is 10.0 Å². The Labute approximate surface area is 129 Å². The third-order valence-electron chi connectivity index (χ3n) is 3.13. The molecule has 0 fully saturated rings. The Hall–Kier alpha value is -0.670. The molecule has 1 aromatic rings. The minimum atomic E-state index is -3.75. The Morgan fingerprint density at radius 2 is 1.95 bits per heavy atom. The standard InChI is InChI=1S/C11H19N3O3S2.ClH/c1-3-11(12,4-2)7-14-10(15)8-5-9(18-6-8)19(13,16)17;/h5-6H,3-4,7,12H2,1-2H3,(H,14,15)(H2,13,16,17);1H. The first kappa shape index (κ1) is 19.3. The molecule has 0 saturated heterocycles. The summed E-state index contributed by atoms with van der Waals surface area (Å²) in [6, 6.07) is 1.27. The Balaban J connectivity index is 0.00000361. The molecular formula is C11H20ClN3O3S2. The lowest BCUT2D eigenvalue weighted by Crippen LogP contribution is -2.49. The van der Waals surface area contributed by atoms with Gasteiger partial charge in [-0.15, -0.1) is 23.7 Å². The second kappa shape index (κ2) is 7.37. The first-order chi connectivity index (χ1) is 8.72. The van der Waals surface area contributed by atoms with Gasteiger partial charge in [0.25, 0.3) is 5.91 Å². The fraction of sp³-hybridized carbons (Fsp3) is 0.545. The van der Waals surface area contributed by atoms with Gasteiger partial charge in [0, 0.05) is 17.5 Å². The summed E-state index contributed by atoms with van der Waals surface area (Å²) in [7, 11) is -3.75. The zero-order valence-corrected chi connectivity index (χ0v) is 13.8. The molecule has 9 heteroatoms. The van der Waals surface area contributed by atoms with Crippen LogP contribution in [0.15, 0.2) is 15.7 Å². The van der Waals surface area contributed by atoms with Gasteiger partial charge in [0.2, 0.25) is 10.0 Å². The molecule has 0 aliphatic heterocycles. The monoisotopic (exact) mass is 341 g/mol.